The average Bonchev–Trinajstić information content (AvgIpc) is 2.75. The van der Waals surface area contributed by atoms with Gasteiger partial charge in [-0.3, -0.25) is 4.79 Å². The van der Waals surface area contributed by atoms with Crippen molar-refractivity contribution in [3.05, 3.63) is 42.1 Å². The molecule has 0 aliphatic carbocycles. The number of anilines is 1. The second-order valence-electron chi connectivity index (χ2n) is 3.06. The maximum absolute atomic E-state index is 11.0. The third kappa shape index (κ3) is 2.63. The fourth-order valence-corrected chi connectivity index (χ4v) is 1.32. The second kappa shape index (κ2) is 5.69. The molecule has 0 bridgehead atoms. The number of hydrogen-bond donors (Lipinski definition) is 2. The topological polar surface area (TPSA) is 86.9 Å². The lowest BCUT2D eigenvalue weighted by molar-refractivity contribution is 0.100. The van der Waals surface area contributed by atoms with Gasteiger partial charge in [0.05, 0.1) is 11.9 Å². The molecule has 2 rings (SSSR count). The maximum atomic E-state index is 11.0. The van der Waals surface area contributed by atoms with E-state index in [9.17, 15) is 4.79 Å². The molecule has 5 heteroatoms. The molecule has 0 spiro atoms. The van der Waals surface area contributed by atoms with Gasteiger partial charge in [-0.05, 0) is 12.1 Å². The Morgan fingerprint density at radius 3 is 2.29 bits per heavy atom. The smallest absolute Gasteiger partial charge is 0.254 e. The van der Waals surface area contributed by atoms with E-state index in [0.29, 0.717) is 0 Å². The van der Waals surface area contributed by atoms with Crippen LogP contribution in [0.15, 0.2) is 36.5 Å². The largest absolute Gasteiger partial charge is 0.383 e. The number of carbonyl (C=O) groups excluding carboxylic acids is 1. The van der Waals surface area contributed by atoms with Gasteiger partial charge in [-0.15, -0.1) is 0 Å². The Morgan fingerprint density at radius 2 is 1.82 bits per heavy atom. The first kappa shape index (κ1) is 12.8. The predicted octanol–water partition coefficient (Wildman–Crippen LogP) is 1.58. The third-order valence-electron chi connectivity index (χ3n) is 2.07. The van der Waals surface area contributed by atoms with E-state index in [1.165, 1.54) is 10.9 Å². The summed E-state index contributed by atoms with van der Waals surface area (Å²) in [6.07, 6.45) is 1.37. The minimum absolute atomic E-state index is 0.235. The van der Waals surface area contributed by atoms with Crippen LogP contribution in [-0.4, -0.2) is 15.7 Å². The van der Waals surface area contributed by atoms with E-state index in [1.54, 1.807) is 0 Å². The molecule has 0 atom stereocenters. The van der Waals surface area contributed by atoms with Crippen LogP contribution in [0.5, 0.6) is 0 Å². The standard InChI is InChI=1S/C10H10N4O.C2H6/c11-9-8(10(12)15)6-13-14(9)7-4-2-1-3-5-7;1-2/h1-6H,11H2,(H2,12,15);1-2H3. The molecule has 1 heterocycles. The molecule has 5 nitrogen and oxygen atoms in total. The normalized spacial score (nSPS) is 9.29. The van der Waals surface area contributed by atoms with E-state index in [2.05, 4.69) is 5.10 Å². The SMILES string of the molecule is CC.NC(=O)c1cnn(-c2ccccc2)c1N. The summed E-state index contributed by atoms with van der Waals surface area (Å²) in [7, 11) is 0. The van der Waals surface area contributed by atoms with Crippen LogP contribution in [0, 0.1) is 0 Å². The average molecular weight is 232 g/mol. The number of nitrogen functional groups attached to an aromatic ring is 1. The molecular weight excluding hydrogens is 216 g/mol. The quantitative estimate of drug-likeness (QED) is 0.824. The van der Waals surface area contributed by atoms with Crippen LogP contribution >= 0.6 is 0 Å². The molecule has 90 valence electrons. The van der Waals surface area contributed by atoms with E-state index in [1.807, 2.05) is 44.2 Å². The van der Waals surface area contributed by atoms with Crippen molar-refractivity contribution in [1.82, 2.24) is 9.78 Å². The lowest BCUT2D eigenvalue weighted by Gasteiger charge is -2.03. The van der Waals surface area contributed by atoms with Gasteiger partial charge in [0.1, 0.15) is 11.4 Å². The Bertz CT molecular complexity index is 490. The predicted molar refractivity (Wildman–Crippen MR) is 67.8 cm³/mol. The summed E-state index contributed by atoms with van der Waals surface area (Å²) in [6.45, 7) is 4.00. The molecule has 0 aliphatic heterocycles. The highest BCUT2D eigenvalue weighted by molar-refractivity contribution is 5.97. The monoisotopic (exact) mass is 232 g/mol. The van der Waals surface area contributed by atoms with Crippen LogP contribution in [0.3, 0.4) is 0 Å². The van der Waals surface area contributed by atoms with Gasteiger partial charge in [0.2, 0.25) is 0 Å². The molecule has 4 N–H and O–H groups in total. The molecule has 2 aromatic rings. The molecule has 1 aromatic carbocycles. The van der Waals surface area contributed by atoms with Crippen LogP contribution in [0.4, 0.5) is 5.82 Å². The van der Waals surface area contributed by atoms with Crippen LogP contribution in [0.2, 0.25) is 0 Å². The van der Waals surface area contributed by atoms with Gasteiger partial charge in [0.15, 0.2) is 0 Å². The van der Waals surface area contributed by atoms with E-state index < -0.39 is 5.91 Å². The molecule has 0 fully saturated rings. The minimum atomic E-state index is -0.574. The molecular formula is C12H16N4O. The van der Waals surface area contributed by atoms with Crippen LogP contribution in [-0.2, 0) is 0 Å². The second-order valence-corrected chi connectivity index (χ2v) is 3.06. The lowest BCUT2D eigenvalue weighted by atomic mass is 10.3. The van der Waals surface area contributed by atoms with Crippen molar-refractivity contribution in [3.8, 4) is 5.69 Å². The number of para-hydroxylation sites is 1. The summed E-state index contributed by atoms with van der Waals surface area (Å²) < 4.78 is 1.47. The summed E-state index contributed by atoms with van der Waals surface area (Å²) in [6, 6.07) is 9.29. The van der Waals surface area contributed by atoms with Crippen molar-refractivity contribution in [2.75, 3.05) is 5.73 Å². The molecule has 1 amide bonds. The summed E-state index contributed by atoms with van der Waals surface area (Å²) in [5, 5.41) is 4.00. The van der Waals surface area contributed by atoms with Gasteiger partial charge in [-0.1, -0.05) is 32.0 Å². The molecule has 0 radical (unpaired) electrons. The fraction of sp³-hybridized carbons (Fsp3) is 0.167. The van der Waals surface area contributed by atoms with Crippen molar-refractivity contribution < 1.29 is 4.79 Å². The number of aromatic nitrogens is 2. The van der Waals surface area contributed by atoms with Crippen LogP contribution < -0.4 is 11.5 Å². The van der Waals surface area contributed by atoms with Gasteiger partial charge >= 0.3 is 0 Å². The molecule has 0 saturated carbocycles. The Kier molecular flexibility index (Phi) is 4.28. The zero-order chi connectivity index (χ0) is 12.8. The lowest BCUT2D eigenvalue weighted by Crippen LogP contribution is -2.13. The van der Waals surface area contributed by atoms with Crippen molar-refractivity contribution in [1.29, 1.82) is 0 Å². The molecule has 0 saturated heterocycles. The van der Waals surface area contributed by atoms with E-state index in [-0.39, 0.29) is 11.4 Å². The van der Waals surface area contributed by atoms with Crippen LogP contribution in [0.1, 0.15) is 24.2 Å². The number of hydrogen-bond acceptors (Lipinski definition) is 3. The first-order valence-electron chi connectivity index (χ1n) is 5.39. The number of rotatable bonds is 2. The number of nitrogens with two attached hydrogens (primary N) is 2. The first-order valence-corrected chi connectivity index (χ1v) is 5.39. The number of amides is 1. The zero-order valence-corrected chi connectivity index (χ0v) is 9.92. The Hall–Kier alpha value is -2.30. The van der Waals surface area contributed by atoms with Crippen LogP contribution in [0.25, 0.3) is 5.69 Å². The van der Waals surface area contributed by atoms with Gasteiger partial charge in [0, 0.05) is 0 Å². The number of benzene rings is 1. The highest BCUT2D eigenvalue weighted by atomic mass is 16.1. The van der Waals surface area contributed by atoms with Gasteiger partial charge in [0.25, 0.3) is 5.91 Å². The van der Waals surface area contributed by atoms with Crippen molar-refractivity contribution in [3.63, 3.8) is 0 Å². The summed E-state index contributed by atoms with van der Waals surface area (Å²) in [4.78, 5) is 11.0. The van der Waals surface area contributed by atoms with Crippen molar-refractivity contribution in [2.45, 2.75) is 13.8 Å². The maximum Gasteiger partial charge on any atom is 0.254 e. The Balaban J connectivity index is 0.000000686. The van der Waals surface area contributed by atoms with Crippen molar-refractivity contribution >= 4 is 11.7 Å². The molecule has 0 aliphatic rings. The van der Waals surface area contributed by atoms with Gasteiger partial charge < -0.3 is 11.5 Å². The van der Waals surface area contributed by atoms with E-state index in [0.717, 1.165) is 5.69 Å². The summed E-state index contributed by atoms with van der Waals surface area (Å²) in [5.41, 5.74) is 11.9. The van der Waals surface area contributed by atoms with E-state index in [4.69, 9.17) is 11.5 Å². The minimum Gasteiger partial charge on any atom is -0.383 e. The van der Waals surface area contributed by atoms with Gasteiger partial charge in [-0.25, -0.2) is 4.68 Å². The molecule has 17 heavy (non-hydrogen) atoms. The number of primary amides is 1. The summed E-state index contributed by atoms with van der Waals surface area (Å²) >= 11 is 0. The number of nitrogens with zero attached hydrogens (tertiary/aromatic N) is 2. The number of carbonyl (C=O) groups is 1. The molecule has 1 aromatic heterocycles. The fourth-order valence-electron chi connectivity index (χ4n) is 1.32. The molecule has 0 unspecified atom stereocenters. The third-order valence-corrected chi connectivity index (χ3v) is 2.07. The highest BCUT2D eigenvalue weighted by Gasteiger charge is 2.12. The summed E-state index contributed by atoms with van der Waals surface area (Å²) in [5.74, 6) is -0.316. The zero-order valence-electron chi connectivity index (χ0n) is 9.92. The Morgan fingerprint density at radius 1 is 1.24 bits per heavy atom. The Labute approximate surface area is 100 Å². The van der Waals surface area contributed by atoms with E-state index >= 15 is 0 Å². The first-order chi connectivity index (χ1) is 8.20. The van der Waals surface area contributed by atoms with Crippen molar-refractivity contribution in [2.24, 2.45) is 5.73 Å². The van der Waals surface area contributed by atoms with Gasteiger partial charge in [-0.2, -0.15) is 5.10 Å². The highest BCUT2D eigenvalue weighted by Crippen LogP contribution is 2.15.